The summed E-state index contributed by atoms with van der Waals surface area (Å²) < 4.78 is 0. The van der Waals surface area contributed by atoms with Crippen LogP contribution in [0.15, 0.2) is 47.6 Å². The topological polar surface area (TPSA) is 90.9 Å². The predicted molar refractivity (Wildman–Crippen MR) is 116 cm³/mol. The van der Waals surface area contributed by atoms with Crippen molar-refractivity contribution >= 4 is 81.8 Å². The minimum Gasteiger partial charge on any atom is -0.301 e. The maximum absolute atomic E-state index is 12.8. The van der Waals surface area contributed by atoms with Gasteiger partial charge in [0.1, 0.15) is 0 Å². The molecule has 2 N–H and O–H groups in total. The highest BCUT2D eigenvalue weighted by Gasteiger charge is 2.38. The lowest BCUT2D eigenvalue weighted by Crippen LogP contribution is -2.58. The van der Waals surface area contributed by atoms with E-state index in [1.165, 1.54) is 18.2 Å². The summed E-state index contributed by atoms with van der Waals surface area (Å²) in [7, 11) is 0. The average molecular weight is 470 g/mol. The number of benzene rings is 2. The van der Waals surface area contributed by atoms with Gasteiger partial charge in [0.05, 0.1) is 15.7 Å². The summed E-state index contributed by atoms with van der Waals surface area (Å²) in [6, 6.07) is 10.6. The number of hydrogen-bond donors (Lipinski definition) is 2. The van der Waals surface area contributed by atoms with Crippen LogP contribution < -0.4 is 15.6 Å². The Morgan fingerprint density at radius 2 is 1.79 bits per heavy atom. The number of amides is 3. The molecule has 7 nitrogen and oxygen atoms in total. The third-order valence-electron chi connectivity index (χ3n) is 3.86. The van der Waals surface area contributed by atoms with Gasteiger partial charge in [-0.15, -0.1) is 0 Å². The van der Waals surface area contributed by atoms with E-state index in [1.54, 1.807) is 24.3 Å². The Kier molecular flexibility index (Phi) is 6.49. The van der Waals surface area contributed by atoms with Crippen molar-refractivity contribution in [2.75, 3.05) is 4.90 Å². The lowest BCUT2D eigenvalue weighted by molar-refractivity contribution is -0.130. The van der Waals surface area contributed by atoms with Crippen molar-refractivity contribution in [1.82, 2.24) is 10.7 Å². The second-order valence-electron chi connectivity index (χ2n) is 5.77. The first-order chi connectivity index (χ1) is 13.8. The first-order valence-electron chi connectivity index (χ1n) is 8.01. The smallest absolute Gasteiger partial charge is 0.271 e. The van der Waals surface area contributed by atoms with Gasteiger partial charge in [0, 0.05) is 16.8 Å². The summed E-state index contributed by atoms with van der Waals surface area (Å²) in [6.45, 7) is 0. The van der Waals surface area contributed by atoms with E-state index in [0.717, 1.165) is 11.1 Å². The molecule has 29 heavy (non-hydrogen) atoms. The Bertz CT molecular complexity index is 1040. The molecule has 1 aliphatic rings. The third-order valence-corrected chi connectivity index (χ3v) is 5.13. The van der Waals surface area contributed by atoms with Crippen molar-refractivity contribution in [3.8, 4) is 0 Å². The monoisotopic (exact) mass is 468 g/mol. The van der Waals surface area contributed by atoms with Gasteiger partial charge in [0.2, 0.25) is 5.91 Å². The summed E-state index contributed by atoms with van der Waals surface area (Å²) in [5.41, 5.74) is 2.88. The summed E-state index contributed by atoms with van der Waals surface area (Å²) in [4.78, 5) is 38.2. The number of hydrazone groups is 1. The zero-order chi connectivity index (χ0) is 21.1. The fourth-order valence-electron chi connectivity index (χ4n) is 2.43. The van der Waals surface area contributed by atoms with Crippen molar-refractivity contribution in [2.45, 2.75) is 0 Å². The predicted octanol–water partition coefficient (Wildman–Crippen LogP) is 3.43. The summed E-state index contributed by atoms with van der Waals surface area (Å²) >= 11 is 22.6. The molecular weight excluding hydrogens is 459 g/mol. The number of anilines is 1. The second kappa shape index (κ2) is 8.87. The van der Waals surface area contributed by atoms with Crippen molar-refractivity contribution in [1.29, 1.82) is 0 Å². The molecule has 0 unspecified atom stereocenters. The van der Waals surface area contributed by atoms with Crippen LogP contribution in [0.25, 0.3) is 0 Å². The van der Waals surface area contributed by atoms with Crippen molar-refractivity contribution < 1.29 is 14.4 Å². The molecule has 11 heteroatoms. The second-order valence-corrected chi connectivity index (χ2v) is 7.41. The summed E-state index contributed by atoms with van der Waals surface area (Å²) in [6.07, 6.45) is 1.03. The molecule has 0 saturated carbocycles. The highest BCUT2D eigenvalue weighted by molar-refractivity contribution is 7.80. The van der Waals surface area contributed by atoms with Gasteiger partial charge >= 0.3 is 0 Å². The molecule has 148 valence electrons. The van der Waals surface area contributed by atoms with Gasteiger partial charge in [0.25, 0.3) is 11.8 Å². The van der Waals surface area contributed by atoms with Crippen LogP contribution in [0.3, 0.4) is 0 Å². The zero-order valence-corrected chi connectivity index (χ0v) is 17.4. The molecule has 2 aromatic carbocycles. The molecule has 0 spiro atoms. The van der Waals surface area contributed by atoms with Crippen LogP contribution in [-0.2, 0) is 9.59 Å². The Morgan fingerprint density at radius 3 is 2.45 bits per heavy atom. The van der Waals surface area contributed by atoms with Gasteiger partial charge in [-0.2, -0.15) is 5.10 Å². The van der Waals surface area contributed by atoms with Gasteiger partial charge in [-0.1, -0.05) is 34.8 Å². The van der Waals surface area contributed by atoms with E-state index in [1.807, 2.05) is 0 Å². The molecule has 0 radical (unpaired) electrons. The number of nitrogens with zero attached hydrogens (tertiary/aromatic N) is 2. The maximum Gasteiger partial charge on any atom is 0.271 e. The molecule has 1 saturated heterocycles. The van der Waals surface area contributed by atoms with Crippen molar-refractivity contribution in [2.24, 2.45) is 11.0 Å². The molecule has 3 amide bonds. The Morgan fingerprint density at radius 1 is 1.10 bits per heavy atom. The van der Waals surface area contributed by atoms with Crippen molar-refractivity contribution in [3.05, 3.63) is 63.1 Å². The first kappa shape index (κ1) is 21.2. The minimum atomic E-state index is -1.29. The molecule has 3 rings (SSSR count). The molecule has 1 atom stereocenters. The third kappa shape index (κ3) is 4.73. The molecule has 1 aliphatic heterocycles. The standard InChI is InChI=1S/C18H11Cl3N4O3S/c19-10-2-4-11(5-3-10)25-17(28)12(16(27)23-18(25)29)8-22-24-15(26)9-1-6-13(20)14(21)7-9/h1-8,12H,(H,24,26)(H,23,27,29)/b22-8-/t12-/m1/s1. The summed E-state index contributed by atoms with van der Waals surface area (Å²) in [5, 5.41) is 7.08. The van der Waals surface area contributed by atoms with E-state index in [-0.39, 0.29) is 15.7 Å². The molecule has 0 bridgehead atoms. The minimum absolute atomic E-state index is 0.0631. The van der Waals surface area contributed by atoms with Crippen LogP contribution in [0.5, 0.6) is 0 Å². The molecular formula is C18H11Cl3N4O3S. The van der Waals surface area contributed by atoms with Crippen LogP contribution in [0.1, 0.15) is 10.4 Å². The fraction of sp³-hybridized carbons (Fsp3) is 0.0556. The zero-order valence-electron chi connectivity index (χ0n) is 14.4. The number of nitrogens with one attached hydrogen (secondary N) is 2. The van der Waals surface area contributed by atoms with E-state index in [0.29, 0.717) is 15.7 Å². The molecule has 2 aromatic rings. The van der Waals surface area contributed by atoms with Crippen LogP contribution in [0, 0.1) is 5.92 Å². The van der Waals surface area contributed by atoms with E-state index < -0.39 is 23.6 Å². The number of carbonyl (C=O) groups excluding carboxylic acids is 3. The summed E-state index contributed by atoms with van der Waals surface area (Å²) in [5.74, 6) is -3.15. The van der Waals surface area contributed by atoms with Gasteiger partial charge in [-0.05, 0) is 54.7 Å². The average Bonchev–Trinajstić information content (AvgIpc) is 2.67. The fourth-order valence-corrected chi connectivity index (χ4v) is 3.15. The van der Waals surface area contributed by atoms with Crippen LogP contribution in [0.2, 0.25) is 15.1 Å². The normalized spacial score (nSPS) is 16.9. The number of thiocarbonyl (C=S) groups is 1. The number of hydrogen-bond acceptors (Lipinski definition) is 5. The Labute approximate surface area is 185 Å². The number of halogens is 3. The van der Waals surface area contributed by atoms with E-state index >= 15 is 0 Å². The van der Waals surface area contributed by atoms with Gasteiger partial charge < -0.3 is 5.32 Å². The number of rotatable bonds is 4. The SMILES string of the molecule is O=C(N/N=C\[C@@H]1C(=O)NC(=S)N(c2ccc(Cl)cc2)C1=O)c1ccc(Cl)c(Cl)c1. The molecule has 1 fully saturated rings. The molecule has 1 heterocycles. The lowest BCUT2D eigenvalue weighted by atomic mass is 10.1. The Balaban J connectivity index is 1.74. The quantitative estimate of drug-likeness (QED) is 0.311. The van der Waals surface area contributed by atoms with Crippen LogP contribution in [0.4, 0.5) is 5.69 Å². The number of carbonyl (C=O) groups is 3. The highest BCUT2D eigenvalue weighted by Crippen LogP contribution is 2.23. The van der Waals surface area contributed by atoms with Gasteiger partial charge in [-0.25, -0.2) is 5.43 Å². The molecule has 0 aromatic heterocycles. The van der Waals surface area contributed by atoms with Gasteiger partial charge in [0.15, 0.2) is 11.0 Å². The largest absolute Gasteiger partial charge is 0.301 e. The van der Waals surface area contributed by atoms with Crippen molar-refractivity contribution in [3.63, 3.8) is 0 Å². The Hall–Kier alpha value is -2.52. The highest BCUT2D eigenvalue weighted by atomic mass is 35.5. The van der Waals surface area contributed by atoms with E-state index in [2.05, 4.69) is 15.8 Å². The van der Waals surface area contributed by atoms with Crippen LogP contribution >= 0.6 is 47.0 Å². The first-order valence-corrected chi connectivity index (χ1v) is 9.55. The van der Waals surface area contributed by atoms with Gasteiger partial charge in [-0.3, -0.25) is 19.3 Å². The van der Waals surface area contributed by atoms with E-state index in [9.17, 15) is 14.4 Å². The van der Waals surface area contributed by atoms with Crippen LogP contribution in [-0.4, -0.2) is 29.0 Å². The van der Waals surface area contributed by atoms with E-state index in [4.69, 9.17) is 47.0 Å². The maximum atomic E-state index is 12.8. The lowest BCUT2D eigenvalue weighted by Gasteiger charge is -2.30. The molecule has 0 aliphatic carbocycles.